The summed E-state index contributed by atoms with van der Waals surface area (Å²) in [5.41, 5.74) is -1.43. The lowest BCUT2D eigenvalue weighted by Crippen LogP contribution is -2.39. The summed E-state index contributed by atoms with van der Waals surface area (Å²) in [5.74, 6) is 0.590. The van der Waals surface area contributed by atoms with Crippen molar-refractivity contribution in [3.8, 4) is 0 Å². The number of rotatable bonds is 16. The molecular formula is C22H41NO3. The van der Waals surface area contributed by atoms with E-state index in [4.69, 9.17) is 4.74 Å². The monoisotopic (exact) mass is 367 g/mol. The first-order valence-electron chi connectivity index (χ1n) is 10.9. The predicted molar refractivity (Wildman–Crippen MR) is 109 cm³/mol. The van der Waals surface area contributed by atoms with Gasteiger partial charge in [0.15, 0.2) is 5.90 Å². The van der Waals surface area contributed by atoms with E-state index >= 15 is 0 Å². The van der Waals surface area contributed by atoms with Crippen molar-refractivity contribution in [2.75, 3.05) is 6.61 Å². The molecule has 0 fully saturated rings. The lowest BCUT2D eigenvalue weighted by molar-refractivity contribution is -0.0636. The summed E-state index contributed by atoms with van der Waals surface area (Å²) in [4.78, 5) is 4.11. The van der Waals surface area contributed by atoms with E-state index in [-0.39, 0.29) is 6.61 Å². The maximum Gasteiger partial charge on any atom is 0.219 e. The summed E-state index contributed by atoms with van der Waals surface area (Å²) in [5, 5.41) is 19.2. The third-order valence-electron chi connectivity index (χ3n) is 5.17. The predicted octanol–water partition coefficient (Wildman–Crippen LogP) is 5.52. The van der Waals surface area contributed by atoms with Crippen LogP contribution in [0.2, 0.25) is 0 Å². The Bertz CT molecular complexity index is 408. The Kier molecular flexibility index (Phi) is 12.7. The first-order valence-corrected chi connectivity index (χ1v) is 10.9. The molecule has 1 aliphatic heterocycles. The Hall–Kier alpha value is -0.870. The van der Waals surface area contributed by atoms with Crippen LogP contribution in [0.3, 0.4) is 0 Å². The molecule has 0 amide bonds. The number of ether oxygens (including phenoxy) is 1. The van der Waals surface area contributed by atoms with Crippen LogP contribution in [0.1, 0.15) is 104 Å². The van der Waals surface area contributed by atoms with Crippen LogP contribution in [-0.4, -0.2) is 34.5 Å². The van der Waals surface area contributed by atoms with Gasteiger partial charge >= 0.3 is 0 Å². The summed E-state index contributed by atoms with van der Waals surface area (Å²) >= 11 is 0. The molecule has 0 bridgehead atoms. The lowest BCUT2D eigenvalue weighted by atomic mass is 10.1. The third-order valence-corrected chi connectivity index (χ3v) is 5.17. The summed E-state index contributed by atoms with van der Waals surface area (Å²) in [6.45, 7) is 3.62. The Labute approximate surface area is 160 Å². The van der Waals surface area contributed by atoms with Gasteiger partial charge in [0.25, 0.3) is 0 Å². The molecule has 0 saturated carbocycles. The van der Waals surface area contributed by atoms with Gasteiger partial charge in [-0.25, -0.2) is 4.99 Å². The highest BCUT2D eigenvalue weighted by atomic mass is 16.5. The molecule has 0 aromatic carbocycles. The van der Waals surface area contributed by atoms with Crippen molar-refractivity contribution in [2.45, 2.75) is 116 Å². The third kappa shape index (κ3) is 9.72. The normalized spacial score (nSPS) is 22.8. The summed E-state index contributed by atoms with van der Waals surface area (Å²) in [6, 6.07) is 0. The van der Waals surface area contributed by atoms with E-state index in [0.29, 0.717) is 5.90 Å². The zero-order valence-corrected chi connectivity index (χ0v) is 17.1. The number of allylic oxidation sites excluding steroid dienone is 2. The van der Waals surface area contributed by atoms with Gasteiger partial charge in [-0.3, -0.25) is 0 Å². The molecular weight excluding hydrogens is 326 g/mol. The van der Waals surface area contributed by atoms with Crippen LogP contribution in [-0.2, 0) is 4.74 Å². The molecule has 1 heterocycles. The maximum atomic E-state index is 10.00. The van der Waals surface area contributed by atoms with Gasteiger partial charge in [-0.05, 0) is 39.0 Å². The van der Waals surface area contributed by atoms with Crippen LogP contribution in [0.5, 0.6) is 0 Å². The zero-order chi connectivity index (χ0) is 19.1. The molecule has 152 valence electrons. The second-order valence-corrected chi connectivity index (χ2v) is 7.64. The van der Waals surface area contributed by atoms with Crippen molar-refractivity contribution in [2.24, 2.45) is 4.99 Å². The summed E-state index contributed by atoms with van der Waals surface area (Å²) in [6.07, 6.45) is 21.7. The minimum Gasteiger partial charge on any atom is -0.473 e. The van der Waals surface area contributed by atoms with E-state index < -0.39 is 11.8 Å². The number of unbranched alkanes of at least 4 members (excludes halogenated alkanes) is 11. The average Bonchev–Trinajstić information content (AvgIpc) is 2.93. The maximum absolute atomic E-state index is 10.00. The Balaban J connectivity index is 1.88. The fourth-order valence-electron chi connectivity index (χ4n) is 3.26. The first-order chi connectivity index (χ1) is 12.6. The van der Waals surface area contributed by atoms with E-state index in [0.717, 1.165) is 19.3 Å². The largest absolute Gasteiger partial charge is 0.473 e. The van der Waals surface area contributed by atoms with Crippen molar-refractivity contribution in [1.29, 1.82) is 0 Å². The number of aliphatic hydroxyl groups is 2. The second kappa shape index (κ2) is 14.2. The molecule has 1 rings (SSSR count). The molecule has 4 nitrogen and oxygen atoms in total. The van der Waals surface area contributed by atoms with E-state index in [1.807, 2.05) is 0 Å². The van der Waals surface area contributed by atoms with E-state index in [2.05, 4.69) is 24.1 Å². The molecule has 4 heteroatoms. The van der Waals surface area contributed by atoms with Crippen molar-refractivity contribution in [3.05, 3.63) is 12.2 Å². The molecule has 1 aliphatic rings. The highest BCUT2D eigenvalue weighted by Gasteiger charge is 2.40. The molecule has 26 heavy (non-hydrogen) atoms. The van der Waals surface area contributed by atoms with Gasteiger partial charge in [-0.15, -0.1) is 0 Å². The summed E-state index contributed by atoms with van der Waals surface area (Å²) in [7, 11) is 0. The van der Waals surface area contributed by atoms with Gasteiger partial charge in [0.2, 0.25) is 5.72 Å². The van der Waals surface area contributed by atoms with Gasteiger partial charge in [0.1, 0.15) is 6.10 Å². The molecule has 0 aromatic heterocycles. The van der Waals surface area contributed by atoms with Crippen LogP contribution in [0.15, 0.2) is 17.1 Å². The van der Waals surface area contributed by atoms with Gasteiger partial charge in [0, 0.05) is 6.42 Å². The summed E-state index contributed by atoms with van der Waals surface area (Å²) < 4.78 is 5.52. The Morgan fingerprint density at radius 3 is 2.00 bits per heavy atom. The minimum absolute atomic E-state index is 0.385. The van der Waals surface area contributed by atoms with Crippen LogP contribution >= 0.6 is 0 Å². The van der Waals surface area contributed by atoms with Crippen molar-refractivity contribution < 1.29 is 14.9 Å². The van der Waals surface area contributed by atoms with Crippen molar-refractivity contribution >= 4 is 5.90 Å². The van der Waals surface area contributed by atoms with Crippen LogP contribution in [0.25, 0.3) is 0 Å². The quantitative estimate of drug-likeness (QED) is 0.279. The smallest absolute Gasteiger partial charge is 0.219 e. The Morgan fingerprint density at radius 1 is 0.923 bits per heavy atom. The SMILES string of the molecule is CCCCCCCC/C=C\CCCCCCCC1=NC(O)(CO)C(C)O1. The van der Waals surface area contributed by atoms with Crippen LogP contribution < -0.4 is 0 Å². The number of aliphatic hydroxyl groups excluding tert-OH is 1. The van der Waals surface area contributed by atoms with E-state index in [1.54, 1.807) is 6.92 Å². The van der Waals surface area contributed by atoms with E-state index in [1.165, 1.54) is 70.6 Å². The standard InChI is InChI=1S/C22H41NO3/c1-3-4-5-6-7-8-9-10-11-12-13-14-15-16-17-18-21-23-22(25,19-24)20(2)26-21/h10-11,20,24-25H,3-9,12-19H2,1-2H3/b11-10-. The number of hydrogen-bond donors (Lipinski definition) is 2. The van der Waals surface area contributed by atoms with Crippen molar-refractivity contribution in [3.63, 3.8) is 0 Å². The topological polar surface area (TPSA) is 62.1 Å². The zero-order valence-electron chi connectivity index (χ0n) is 17.1. The lowest BCUT2D eigenvalue weighted by Gasteiger charge is -2.19. The molecule has 2 N–H and O–H groups in total. The highest BCUT2D eigenvalue weighted by Crippen LogP contribution is 2.24. The molecule has 0 radical (unpaired) electrons. The number of hydrogen-bond acceptors (Lipinski definition) is 4. The molecule has 0 aliphatic carbocycles. The molecule has 0 spiro atoms. The van der Waals surface area contributed by atoms with Gasteiger partial charge in [0.05, 0.1) is 6.61 Å². The van der Waals surface area contributed by atoms with Crippen LogP contribution in [0, 0.1) is 0 Å². The molecule has 2 atom stereocenters. The average molecular weight is 368 g/mol. The number of nitrogens with zero attached hydrogens (tertiary/aromatic N) is 1. The fraction of sp³-hybridized carbons (Fsp3) is 0.864. The Morgan fingerprint density at radius 2 is 1.46 bits per heavy atom. The van der Waals surface area contributed by atoms with Crippen molar-refractivity contribution in [1.82, 2.24) is 0 Å². The van der Waals surface area contributed by atoms with E-state index in [9.17, 15) is 10.2 Å². The first kappa shape index (κ1) is 23.2. The molecule has 0 aromatic rings. The number of aliphatic imine (C=N–C) groups is 1. The van der Waals surface area contributed by atoms with Crippen LogP contribution in [0.4, 0.5) is 0 Å². The minimum atomic E-state index is -1.43. The van der Waals surface area contributed by atoms with Gasteiger partial charge < -0.3 is 14.9 Å². The van der Waals surface area contributed by atoms with Gasteiger partial charge in [-0.2, -0.15) is 0 Å². The highest BCUT2D eigenvalue weighted by molar-refractivity contribution is 5.78. The molecule has 2 unspecified atom stereocenters. The fourth-order valence-corrected chi connectivity index (χ4v) is 3.26. The molecule has 0 saturated heterocycles. The second-order valence-electron chi connectivity index (χ2n) is 7.64. The van der Waals surface area contributed by atoms with Gasteiger partial charge in [-0.1, -0.05) is 70.4 Å².